The number of nitrogens with one attached hydrogen (secondary N) is 3. The van der Waals surface area contributed by atoms with Crippen LogP contribution in [0, 0.1) is 6.92 Å². The third-order valence-corrected chi connectivity index (χ3v) is 3.26. The molecule has 0 aliphatic rings. The van der Waals surface area contributed by atoms with Crippen LogP contribution >= 0.6 is 0 Å². The van der Waals surface area contributed by atoms with Crippen molar-refractivity contribution in [2.75, 3.05) is 33.4 Å². The van der Waals surface area contributed by atoms with Crippen LogP contribution in [0.3, 0.4) is 0 Å². The number of rotatable bonds is 7. The van der Waals surface area contributed by atoms with Crippen LogP contribution in [0.25, 0.3) is 11.0 Å². The predicted molar refractivity (Wildman–Crippen MR) is 83.2 cm³/mol. The highest BCUT2D eigenvalue weighted by Gasteiger charge is 2.17. The second kappa shape index (κ2) is 7.19. The molecule has 0 radical (unpaired) electrons. The van der Waals surface area contributed by atoms with Gasteiger partial charge in [0.1, 0.15) is 0 Å². The Bertz CT molecular complexity index is 719. The lowest BCUT2D eigenvalue weighted by Crippen LogP contribution is -2.33. The maximum absolute atomic E-state index is 12.3. The molecular weight excluding hydrogens is 286 g/mol. The Balaban J connectivity index is 2.10. The molecule has 120 valence electrons. The van der Waals surface area contributed by atoms with Crippen molar-refractivity contribution in [3.63, 3.8) is 0 Å². The highest BCUT2D eigenvalue weighted by atomic mass is 16.5. The number of H-pyrrole nitrogens is 1. The fourth-order valence-corrected chi connectivity index (χ4v) is 2.22. The van der Waals surface area contributed by atoms with Crippen LogP contribution in [0.4, 0.5) is 0 Å². The summed E-state index contributed by atoms with van der Waals surface area (Å²) in [4.78, 5) is 28.6. The molecule has 22 heavy (non-hydrogen) atoms. The fourth-order valence-electron chi connectivity index (χ4n) is 2.22. The molecule has 0 spiro atoms. The van der Waals surface area contributed by atoms with Crippen LogP contribution in [-0.2, 0) is 11.8 Å². The summed E-state index contributed by atoms with van der Waals surface area (Å²) >= 11 is 0. The van der Waals surface area contributed by atoms with E-state index in [-0.39, 0.29) is 11.5 Å². The van der Waals surface area contributed by atoms with Gasteiger partial charge in [0.05, 0.1) is 17.6 Å². The fraction of sp³-hybridized carbons (Fsp3) is 0.500. The third-order valence-electron chi connectivity index (χ3n) is 3.26. The number of pyridine rings is 1. The van der Waals surface area contributed by atoms with Gasteiger partial charge in [-0.25, -0.2) is 4.98 Å². The van der Waals surface area contributed by atoms with E-state index in [4.69, 9.17) is 4.74 Å². The first-order valence-electron chi connectivity index (χ1n) is 7.08. The van der Waals surface area contributed by atoms with Gasteiger partial charge in [0, 0.05) is 39.5 Å². The van der Waals surface area contributed by atoms with E-state index in [0.717, 1.165) is 6.54 Å². The number of carbonyl (C=O) groups is 1. The van der Waals surface area contributed by atoms with Crippen molar-refractivity contribution >= 4 is 16.9 Å². The molecule has 8 nitrogen and oxygen atoms in total. The minimum Gasteiger partial charge on any atom is -0.383 e. The summed E-state index contributed by atoms with van der Waals surface area (Å²) in [5.74, 6) is -0.277. The highest BCUT2D eigenvalue weighted by Crippen LogP contribution is 2.14. The van der Waals surface area contributed by atoms with Gasteiger partial charge in [-0.3, -0.25) is 19.4 Å². The van der Waals surface area contributed by atoms with Gasteiger partial charge in [0.15, 0.2) is 5.65 Å². The van der Waals surface area contributed by atoms with Crippen LogP contribution in [0.1, 0.15) is 16.1 Å². The van der Waals surface area contributed by atoms with E-state index >= 15 is 0 Å². The Morgan fingerprint density at radius 1 is 1.41 bits per heavy atom. The number of amides is 1. The summed E-state index contributed by atoms with van der Waals surface area (Å²) in [6.07, 6.45) is 0. The summed E-state index contributed by atoms with van der Waals surface area (Å²) in [6.45, 7) is 4.24. The number of carbonyl (C=O) groups excluding carboxylic acids is 1. The van der Waals surface area contributed by atoms with Crippen molar-refractivity contribution < 1.29 is 9.53 Å². The molecule has 3 N–H and O–H groups in total. The summed E-state index contributed by atoms with van der Waals surface area (Å²) in [5.41, 5.74) is 1.20. The molecule has 0 aliphatic carbocycles. The first kappa shape index (κ1) is 16.2. The van der Waals surface area contributed by atoms with Gasteiger partial charge in [0.25, 0.3) is 11.5 Å². The van der Waals surface area contributed by atoms with Crippen LogP contribution in [0.15, 0.2) is 10.9 Å². The highest BCUT2D eigenvalue weighted by molar-refractivity contribution is 6.05. The van der Waals surface area contributed by atoms with Crippen molar-refractivity contribution in [2.24, 2.45) is 7.05 Å². The number of aromatic amines is 1. The molecule has 0 atom stereocenters. The van der Waals surface area contributed by atoms with E-state index in [1.807, 2.05) is 0 Å². The molecule has 2 aromatic rings. The number of nitrogens with zero attached hydrogens (tertiary/aromatic N) is 2. The van der Waals surface area contributed by atoms with Gasteiger partial charge >= 0.3 is 0 Å². The van der Waals surface area contributed by atoms with Crippen molar-refractivity contribution in [2.45, 2.75) is 6.92 Å². The molecule has 0 saturated heterocycles. The number of hydrogen-bond acceptors (Lipinski definition) is 5. The maximum atomic E-state index is 12.3. The van der Waals surface area contributed by atoms with Crippen molar-refractivity contribution in [3.8, 4) is 0 Å². The lowest BCUT2D eigenvalue weighted by atomic mass is 10.1. The van der Waals surface area contributed by atoms with Gasteiger partial charge in [0.2, 0.25) is 0 Å². The summed E-state index contributed by atoms with van der Waals surface area (Å²) < 4.78 is 6.44. The van der Waals surface area contributed by atoms with Crippen molar-refractivity contribution in [3.05, 3.63) is 27.7 Å². The molecule has 0 aromatic carbocycles. The number of fused-ring (bicyclic) bond motifs is 1. The van der Waals surface area contributed by atoms with E-state index < -0.39 is 0 Å². The Hall–Kier alpha value is -2.19. The smallest absolute Gasteiger partial charge is 0.274 e. The van der Waals surface area contributed by atoms with Crippen LogP contribution in [-0.4, -0.2) is 54.0 Å². The van der Waals surface area contributed by atoms with E-state index in [2.05, 4.69) is 20.7 Å². The summed E-state index contributed by atoms with van der Waals surface area (Å²) in [7, 11) is 3.33. The Morgan fingerprint density at radius 3 is 2.91 bits per heavy atom. The van der Waals surface area contributed by atoms with Gasteiger partial charge in [-0.05, 0) is 13.0 Å². The Kier molecular flexibility index (Phi) is 5.29. The zero-order valence-electron chi connectivity index (χ0n) is 13.0. The van der Waals surface area contributed by atoms with E-state index in [9.17, 15) is 9.59 Å². The number of ether oxygens (including phenoxy) is 1. The molecule has 2 heterocycles. The van der Waals surface area contributed by atoms with Crippen molar-refractivity contribution in [1.82, 2.24) is 25.4 Å². The van der Waals surface area contributed by atoms with Crippen LogP contribution < -0.4 is 16.2 Å². The SMILES string of the molecule is COCCNCCNC(=O)c1cc(C)nc2c1c(=O)[nH]n2C. The standard InChI is InChI=1S/C14H21N5O3/c1-9-8-10(11-12(17-9)19(2)18-14(11)21)13(20)16-5-4-15-6-7-22-3/h8,15H,4-7H2,1-3H3,(H,16,20)(H,18,21). The Morgan fingerprint density at radius 2 is 2.18 bits per heavy atom. The number of aromatic nitrogens is 3. The van der Waals surface area contributed by atoms with Gasteiger partial charge in [-0.2, -0.15) is 0 Å². The van der Waals surface area contributed by atoms with Crippen LogP contribution in [0.5, 0.6) is 0 Å². The van der Waals surface area contributed by atoms with E-state index in [1.165, 1.54) is 4.68 Å². The van der Waals surface area contributed by atoms with Gasteiger partial charge in [-0.1, -0.05) is 0 Å². The predicted octanol–water partition coefficient (Wildman–Crippen LogP) is -0.464. The average molecular weight is 307 g/mol. The number of hydrogen-bond donors (Lipinski definition) is 3. The number of methoxy groups -OCH3 is 1. The van der Waals surface area contributed by atoms with Crippen LogP contribution in [0.2, 0.25) is 0 Å². The molecule has 8 heteroatoms. The third kappa shape index (κ3) is 3.52. The zero-order valence-corrected chi connectivity index (χ0v) is 13.0. The normalized spacial score (nSPS) is 11.0. The van der Waals surface area contributed by atoms with E-state index in [1.54, 1.807) is 27.1 Å². The molecule has 0 bridgehead atoms. The molecule has 0 aliphatic heterocycles. The van der Waals surface area contributed by atoms with Crippen molar-refractivity contribution in [1.29, 1.82) is 0 Å². The maximum Gasteiger partial charge on any atom is 0.274 e. The molecule has 2 rings (SSSR count). The second-order valence-corrected chi connectivity index (χ2v) is 5.01. The monoisotopic (exact) mass is 307 g/mol. The largest absolute Gasteiger partial charge is 0.383 e. The zero-order chi connectivity index (χ0) is 16.1. The molecular formula is C14H21N5O3. The molecule has 0 fully saturated rings. The second-order valence-electron chi connectivity index (χ2n) is 5.01. The van der Waals surface area contributed by atoms with Gasteiger partial charge in [-0.15, -0.1) is 0 Å². The lowest BCUT2D eigenvalue weighted by Gasteiger charge is -2.08. The Labute approximate surface area is 127 Å². The topological polar surface area (TPSA) is 101 Å². The first-order chi connectivity index (χ1) is 10.5. The molecule has 2 aromatic heterocycles. The minimum atomic E-state index is -0.312. The van der Waals surface area contributed by atoms with Gasteiger partial charge < -0.3 is 15.4 Å². The minimum absolute atomic E-state index is 0.277. The summed E-state index contributed by atoms with van der Waals surface area (Å²) in [5, 5.41) is 8.87. The van der Waals surface area contributed by atoms with E-state index in [0.29, 0.717) is 42.0 Å². The summed E-state index contributed by atoms with van der Waals surface area (Å²) in [6, 6.07) is 1.63. The molecule has 0 saturated carbocycles. The average Bonchev–Trinajstić information content (AvgIpc) is 2.76. The first-order valence-corrected chi connectivity index (χ1v) is 7.08. The molecule has 0 unspecified atom stereocenters. The quantitative estimate of drug-likeness (QED) is 0.601. The lowest BCUT2D eigenvalue weighted by molar-refractivity contribution is 0.0955. The number of aryl methyl sites for hydroxylation is 2. The molecule has 1 amide bonds.